The summed E-state index contributed by atoms with van der Waals surface area (Å²) in [5.41, 5.74) is 1.28. The number of nitrogens with one attached hydrogen (secondary N) is 2. The molecule has 1 unspecified atom stereocenters. The van der Waals surface area contributed by atoms with Crippen molar-refractivity contribution in [3.05, 3.63) is 22.4 Å². The third-order valence-electron chi connectivity index (χ3n) is 3.12. The first kappa shape index (κ1) is 18.7. The molecule has 1 atom stereocenters. The fraction of sp³-hybridized carbons (Fsp3) is 0.643. The van der Waals surface area contributed by atoms with Crippen molar-refractivity contribution in [2.24, 2.45) is 4.99 Å². The van der Waals surface area contributed by atoms with Gasteiger partial charge in [0.25, 0.3) is 0 Å². The van der Waals surface area contributed by atoms with Crippen LogP contribution in [0.4, 0.5) is 0 Å². The molecule has 1 saturated heterocycles. The highest BCUT2D eigenvalue weighted by atomic mass is 127. The SMILES string of the molecule is CN=C(NCCCOC1CCOC1)NCc1ccsc1.I. The molecule has 0 amide bonds. The van der Waals surface area contributed by atoms with Gasteiger partial charge in [-0.05, 0) is 35.2 Å². The Morgan fingerprint density at radius 3 is 3.10 bits per heavy atom. The second kappa shape index (κ2) is 11.2. The summed E-state index contributed by atoms with van der Waals surface area (Å²) in [7, 11) is 1.79. The van der Waals surface area contributed by atoms with E-state index in [1.807, 2.05) is 0 Å². The Balaban J connectivity index is 0.00000220. The largest absolute Gasteiger partial charge is 0.379 e. The highest BCUT2D eigenvalue weighted by Crippen LogP contribution is 2.08. The molecular weight excluding hydrogens is 401 g/mol. The number of aliphatic imine (C=N–C) groups is 1. The smallest absolute Gasteiger partial charge is 0.191 e. The quantitative estimate of drug-likeness (QED) is 0.305. The lowest BCUT2D eigenvalue weighted by molar-refractivity contribution is 0.0420. The Hall–Kier alpha value is -0.380. The van der Waals surface area contributed by atoms with Crippen LogP contribution in [0.5, 0.6) is 0 Å². The van der Waals surface area contributed by atoms with Crippen LogP contribution in [0.1, 0.15) is 18.4 Å². The highest BCUT2D eigenvalue weighted by molar-refractivity contribution is 14.0. The standard InChI is InChI=1S/C14H23N3O2S.HI/c1-15-14(17-9-12-4-8-20-11-12)16-5-2-6-19-13-3-7-18-10-13;/h4,8,11,13H,2-3,5-7,9-10H2,1H3,(H2,15,16,17);1H. The summed E-state index contributed by atoms with van der Waals surface area (Å²) in [5, 5.41) is 10.8. The van der Waals surface area contributed by atoms with E-state index in [1.54, 1.807) is 18.4 Å². The van der Waals surface area contributed by atoms with Gasteiger partial charge < -0.3 is 20.1 Å². The van der Waals surface area contributed by atoms with Crippen molar-refractivity contribution in [1.82, 2.24) is 10.6 Å². The Labute approximate surface area is 147 Å². The number of nitrogens with zero attached hydrogens (tertiary/aromatic N) is 1. The van der Waals surface area contributed by atoms with Crippen molar-refractivity contribution in [3.63, 3.8) is 0 Å². The van der Waals surface area contributed by atoms with E-state index >= 15 is 0 Å². The molecule has 2 N–H and O–H groups in total. The summed E-state index contributed by atoms with van der Waals surface area (Å²) in [4.78, 5) is 4.20. The minimum atomic E-state index is 0. The van der Waals surface area contributed by atoms with Crippen molar-refractivity contribution >= 4 is 41.3 Å². The Morgan fingerprint density at radius 1 is 1.52 bits per heavy atom. The van der Waals surface area contributed by atoms with E-state index in [0.29, 0.717) is 6.10 Å². The van der Waals surface area contributed by atoms with Gasteiger partial charge in [0.1, 0.15) is 0 Å². The summed E-state index contributed by atoms with van der Waals surface area (Å²) in [5.74, 6) is 0.834. The van der Waals surface area contributed by atoms with Crippen LogP contribution < -0.4 is 10.6 Å². The van der Waals surface area contributed by atoms with Gasteiger partial charge >= 0.3 is 0 Å². The summed E-state index contributed by atoms with van der Waals surface area (Å²) in [6.07, 6.45) is 2.29. The van der Waals surface area contributed by atoms with Gasteiger partial charge in [-0.3, -0.25) is 4.99 Å². The molecule has 0 aliphatic carbocycles. The van der Waals surface area contributed by atoms with Crippen molar-refractivity contribution in [3.8, 4) is 0 Å². The van der Waals surface area contributed by atoms with Crippen molar-refractivity contribution in [2.45, 2.75) is 25.5 Å². The van der Waals surface area contributed by atoms with Crippen LogP contribution in [0.15, 0.2) is 21.8 Å². The fourth-order valence-corrected chi connectivity index (χ4v) is 2.64. The maximum Gasteiger partial charge on any atom is 0.191 e. The van der Waals surface area contributed by atoms with Crippen molar-refractivity contribution in [2.75, 3.05) is 33.4 Å². The van der Waals surface area contributed by atoms with Gasteiger partial charge in [-0.15, -0.1) is 24.0 Å². The fourth-order valence-electron chi connectivity index (χ4n) is 1.97. The molecule has 1 aliphatic heterocycles. The first-order chi connectivity index (χ1) is 9.88. The molecule has 1 aromatic rings. The number of hydrogen-bond acceptors (Lipinski definition) is 4. The average molecular weight is 425 g/mol. The predicted molar refractivity (Wildman–Crippen MR) is 97.7 cm³/mol. The van der Waals surface area contributed by atoms with Crippen molar-refractivity contribution < 1.29 is 9.47 Å². The molecular formula is C14H24IN3O2S. The number of rotatable bonds is 7. The number of hydrogen-bond donors (Lipinski definition) is 2. The van der Waals surface area contributed by atoms with Crippen LogP contribution in [0.3, 0.4) is 0 Å². The van der Waals surface area contributed by atoms with E-state index in [0.717, 1.165) is 51.7 Å². The molecule has 2 heterocycles. The molecule has 0 saturated carbocycles. The first-order valence-corrected chi connectivity index (χ1v) is 7.97. The van der Waals surface area contributed by atoms with Gasteiger partial charge in [-0.1, -0.05) is 0 Å². The molecule has 5 nitrogen and oxygen atoms in total. The van der Waals surface area contributed by atoms with E-state index in [9.17, 15) is 0 Å². The number of guanidine groups is 1. The van der Waals surface area contributed by atoms with Gasteiger partial charge in [0, 0.05) is 33.4 Å². The number of thiophene rings is 1. The summed E-state index contributed by atoms with van der Waals surface area (Å²) >= 11 is 1.71. The number of halogens is 1. The maximum absolute atomic E-state index is 5.71. The van der Waals surface area contributed by atoms with Gasteiger partial charge in [0.2, 0.25) is 0 Å². The normalized spacial score (nSPS) is 18.3. The van der Waals surface area contributed by atoms with E-state index in [2.05, 4.69) is 32.5 Å². The molecule has 1 aromatic heterocycles. The lowest BCUT2D eigenvalue weighted by Gasteiger charge is -2.12. The maximum atomic E-state index is 5.71. The van der Waals surface area contributed by atoms with Gasteiger partial charge in [-0.25, -0.2) is 0 Å². The zero-order valence-electron chi connectivity index (χ0n) is 12.3. The predicted octanol–water partition coefficient (Wildman–Crippen LogP) is 2.23. The molecule has 1 fully saturated rings. The molecule has 0 bridgehead atoms. The van der Waals surface area contributed by atoms with Crippen LogP contribution in [0.25, 0.3) is 0 Å². The summed E-state index contributed by atoms with van der Waals surface area (Å²) in [6, 6.07) is 2.11. The topological polar surface area (TPSA) is 54.9 Å². The third kappa shape index (κ3) is 7.44. The monoisotopic (exact) mass is 425 g/mol. The van der Waals surface area contributed by atoms with Crippen LogP contribution in [0, 0.1) is 0 Å². The molecule has 0 aromatic carbocycles. The van der Waals surface area contributed by atoms with Crippen LogP contribution in [-0.4, -0.2) is 45.5 Å². The van der Waals surface area contributed by atoms with E-state index in [4.69, 9.17) is 9.47 Å². The molecule has 0 spiro atoms. The molecule has 120 valence electrons. The average Bonchev–Trinajstić information content (AvgIpc) is 3.14. The zero-order valence-corrected chi connectivity index (χ0v) is 15.5. The minimum absolute atomic E-state index is 0. The van der Waals surface area contributed by atoms with E-state index < -0.39 is 0 Å². The molecule has 21 heavy (non-hydrogen) atoms. The molecule has 0 radical (unpaired) electrons. The Bertz CT molecular complexity index is 395. The zero-order chi connectivity index (χ0) is 14.0. The van der Waals surface area contributed by atoms with Gasteiger partial charge in [0.05, 0.1) is 12.7 Å². The highest BCUT2D eigenvalue weighted by Gasteiger charge is 2.15. The lowest BCUT2D eigenvalue weighted by atomic mass is 10.3. The van der Waals surface area contributed by atoms with E-state index in [-0.39, 0.29) is 24.0 Å². The second-order valence-electron chi connectivity index (χ2n) is 4.69. The summed E-state index contributed by atoms with van der Waals surface area (Å²) < 4.78 is 11.0. The van der Waals surface area contributed by atoms with Gasteiger partial charge in [-0.2, -0.15) is 11.3 Å². The number of ether oxygens (including phenoxy) is 2. The molecule has 7 heteroatoms. The van der Waals surface area contributed by atoms with Crippen molar-refractivity contribution in [1.29, 1.82) is 0 Å². The Morgan fingerprint density at radius 2 is 2.43 bits per heavy atom. The third-order valence-corrected chi connectivity index (χ3v) is 3.85. The van der Waals surface area contributed by atoms with Crippen LogP contribution in [-0.2, 0) is 16.0 Å². The minimum Gasteiger partial charge on any atom is -0.379 e. The Kier molecular flexibility index (Phi) is 9.98. The van der Waals surface area contributed by atoms with Crippen LogP contribution >= 0.6 is 35.3 Å². The molecule has 1 aliphatic rings. The molecule has 2 rings (SSSR count). The van der Waals surface area contributed by atoms with Crippen LogP contribution in [0.2, 0.25) is 0 Å². The lowest BCUT2D eigenvalue weighted by Crippen LogP contribution is -2.37. The summed E-state index contributed by atoms with van der Waals surface area (Å²) in [6.45, 7) is 4.01. The second-order valence-corrected chi connectivity index (χ2v) is 5.47. The first-order valence-electron chi connectivity index (χ1n) is 7.03. The van der Waals surface area contributed by atoms with Gasteiger partial charge in [0.15, 0.2) is 5.96 Å². The van der Waals surface area contributed by atoms with E-state index in [1.165, 1.54) is 5.56 Å².